The van der Waals surface area contributed by atoms with E-state index < -0.39 is 16.5 Å². The second-order valence-electron chi connectivity index (χ2n) is 3.92. The first-order valence-corrected chi connectivity index (χ1v) is 7.16. The Morgan fingerprint density at radius 2 is 1.84 bits per heavy atom. The molecule has 1 atom stereocenters. The maximum absolute atomic E-state index is 13.7. The van der Waals surface area contributed by atoms with E-state index >= 15 is 0 Å². The molecule has 2 aromatic carbocycles. The molecule has 1 unspecified atom stereocenters. The van der Waals surface area contributed by atoms with Gasteiger partial charge >= 0.3 is 0 Å². The Morgan fingerprint density at radius 3 is 2.47 bits per heavy atom. The largest absolute Gasteiger partial charge is 0.496 e. The molecule has 0 saturated carbocycles. The molecule has 5 heteroatoms. The minimum atomic E-state index is -0.464. The van der Waals surface area contributed by atoms with E-state index in [1.807, 2.05) is 6.07 Å². The molecule has 0 N–H and O–H groups in total. The van der Waals surface area contributed by atoms with Crippen LogP contribution in [0.2, 0.25) is 0 Å². The van der Waals surface area contributed by atoms with E-state index in [0.717, 1.165) is 22.2 Å². The molecule has 0 spiro atoms. The minimum absolute atomic E-state index is 0.261. The normalized spacial score (nSPS) is 12.3. The number of hydrogen-bond acceptors (Lipinski definition) is 1. The first-order valence-electron chi connectivity index (χ1n) is 5.45. The van der Waals surface area contributed by atoms with Gasteiger partial charge in [-0.15, -0.1) is 0 Å². The molecule has 0 aliphatic carbocycles. The summed E-state index contributed by atoms with van der Waals surface area (Å²) >= 11 is 6.76. The smallest absolute Gasteiger partial charge is 0.133 e. The second-order valence-corrected chi connectivity index (χ2v) is 5.69. The van der Waals surface area contributed by atoms with E-state index in [9.17, 15) is 8.78 Å². The Morgan fingerprint density at radius 1 is 1.11 bits per heavy atom. The fourth-order valence-electron chi connectivity index (χ4n) is 1.73. The van der Waals surface area contributed by atoms with Crippen molar-refractivity contribution in [2.24, 2.45) is 0 Å². The molecule has 0 radical (unpaired) electrons. The van der Waals surface area contributed by atoms with Crippen molar-refractivity contribution in [3.8, 4) is 5.75 Å². The van der Waals surface area contributed by atoms with Crippen LogP contribution in [0.4, 0.5) is 8.78 Å². The molecule has 0 amide bonds. The van der Waals surface area contributed by atoms with Crippen molar-refractivity contribution in [3.63, 3.8) is 0 Å². The van der Waals surface area contributed by atoms with Crippen molar-refractivity contribution in [2.45, 2.75) is 4.83 Å². The number of hydrogen-bond donors (Lipinski definition) is 0. The van der Waals surface area contributed by atoms with E-state index in [1.165, 1.54) is 6.07 Å². The fourth-order valence-corrected chi connectivity index (χ4v) is 2.92. The summed E-state index contributed by atoms with van der Waals surface area (Å²) in [5, 5.41) is 0. The fraction of sp³-hybridized carbons (Fsp3) is 0.143. The van der Waals surface area contributed by atoms with Crippen LogP contribution in [-0.4, -0.2) is 7.11 Å². The average molecular weight is 392 g/mol. The van der Waals surface area contributed by atoms with Gasteiger partial charge in [-0.25, -0.2) is 8.78 Å². The molecule has 19 heavy (non-hydrogen) atoms. The molecule has 2 rings (SSSR count). The Hall–Kier alpha value is -0.940. The third-order valence-electron chi connectivity index (χ3n) is 2.70. The summed E-state index contributed by atoms with van der Waals surface area (Å²) < 4.78 is 32.8. The third kappa shape index (κ3) is 3.15. The summed E-state index contributed by atoms with van der Waals surface area (Å²) in [5.74, 6) is -0.230. The van der Waals surface area contributed by atoms with Crippen LogP contribution in [0, 0.1) is 11.6 Å². The van der Waals surface area contributed by atoms with E-state index in [1.54, 1.807) is 19.2 Å². The molecule has 0 aliphatic heterocycles. The highest BCUT2D eigenvalue weighted by atomic mass is 79.9. The van der Waals surface area contributed by atoms with Gasteiger partial charge in [0.05, 0.1) is 16.4 Å². The number of rotatable bonds is 3. The van der Waals surface area contributed by atoms with Crippen LogP contribution in [0.1, 0.15) is 16.0 Å². The van der Waals surface area contributed by atoms with Crippen LogP contribution < -0.4 is 4.74 Å². The molecule has 0 heterocycles. The van der Waals surface area contributed by atoms with E-state index in [-0.39, 0.29) is 5.56 Å². The lowest BCUT2D eigenvalue weighted by Gasteiger charge is -2.13. The van der Waals surface area contributed by atoms with Gasteiger partial charge in [0.2, 0.25) is 0 Å². The molecular weight excluding hydrogens is 382 g/mol. The zero-order valence-electron chi connectivity index (χ0n) is 9.96. The average Bonchev–Trinajstić information content (AvgIpc) is 2.40. The van der Waals surface area contributed by atoms with Crippen molar-refractivity contribution in [2.75, 3.05) is 7.11 Å². The van der Waals surface area contributed by atoms with Crippen LogP contribution in [0.3, 0.4) is 0 Å². The maximum atomic E-state index is 13.7. The molecule has 100 valence electrons. The molecule has 0 aliphatic rings. The van der Waals surface area contributed by atoms with Crippen LogP contribution in [-0.2, 0) is 0 Å². The van der Waals surface area contributed by atoms with E-state index in [0.29, 0.717) is 5.75 Å². The number of benzene rings is 2. The summed E-state index contributed by atoms with van der Waals surface area (Å²) in [6, 6.07) is 8.79. The summed E-state index contributed by atoms with van der Waals surface area (Å²) in [5.41, 5.74) is 1.06. The maximum Gasteiger partial charge on any atom is 0.133 e. The Labute approximate surface area is 126 Å². The molecular formula is C14H10Br2F2O. The van der Waals surface area contributed by atoms with Crippen molar-refractivity contribution < 1.29 is 13.5 Å². The predicted molar refractivity (Wildman–Crippen MR) is 77.8 cm³/mol. The zero-order chi connectivity index (χ0) is 14.0. The van der Waals surface area contributed by atoms with Crippen molar-refractivity contribution >= 4 is 31.9 Å². The first kappa shape index (κ1) is 14.5. The zero-order valence-corrected chi connectivity index (χ0v) is 13.1. The van der Waals surface area contributed by atoms with Crippen LogP contribution in [0.15, 0.2) is 40.9 Å². The van der Waals surface area contributed by atoms with Gasteiger partial charge in [-0.2, -0.15) is 0 Å². The highest BCUT2D eigenvalue weighted by molar-refractivity contribution is 9.10. The van der Waals surface area contributed by atoms with Gasteiger partial charge in [-0.3, -0.25) is 0 Å². The monoisotopic (exact) mass is 390 g/mol. The number of alkyl halides is 1. The molecule has 2 aromatic rings. The van der Waals surface area contributed by atoms with Gasteiger partial charge in [-0.05, 0) is 51.8 Å². The lowest BCUT2D eigenvalue weighted by Crippen LogP contribution is -1.98. The molecule has 0 aromatic heterocycles. The molecule has 0 fully saturated rings. The van der Waals surface area contributed by atoms with Crippen LogP contribution in [0.25, 0.3) is 0 Å². The lowest BCUT2D eigenvalue weighted by atomic mass is 10.0. The van der Waals surface area contributed by atoms with Crippen LogP contribution in [0.5, 0.6) is 5.75 Å². The molecule has 1 nitrogen and oxygen atoms in total. The summed E-state index contributed by atoms with van der Waals surface area (Å²) in [6.07, 6.45) is 0. The molecule has 0 saturated heterocycles. The highest BCUT2D eigenvalue weighted by Gasteiger charge is 2.17. The number of methoxy groups -OCH3 is 1. The van der Waals surface area contributed by atoms with Crippen molar-refractivity contribution in [3.05, 3.63) is 63.6 Å². The lowest BCUT2D eigenvalue weighted by molar-refractivity contribution is 0.412. The summed E-state index contributed by atoms with van der Waals surface area (Å²) in [7, 11) is 1.57. The Bertz CT molecular complexity index is 602. The number of ether oxygens (including phenoxy) is 1. The second kappa shape index (κ2) is 6.01. The Kier molecular flexibility index (Phi) is 4.58. The Balaban J connectivity index is 2.41. The SMILES string of the molecule is COc1ccc(C(Br)c2cc(F)ccc2F)cc1Br. The summed E-state index contributed by atoms with van der Waals surface area (Å²) in [6.45, 7) is 0. The van der Waals surface area contributed by atoms with Gasteiger partial charge in [0.25, 0.3) is 0 Å². The van der Waals surface area contributed by atoms with E-state index in [2.05, 4.69) is 31.9 Å². The van der Waals surface area contributed by atoms with E-state index in [4.69, 9.17) is 4.74 Å². The van der Waals surface area contributed by atoms with Gasteiger partial charge < -0.3 is 4.74 Å². The third-order valence-corrected chi connectivity index (χ3v) is 4.34. The van der Waals surface area contributed by atoms with Gasteiger partial charge in [-0.1, -0.05) is 22.0 Å². The van der Waals surface area contributed by atoms with Crippen molar-refractivity contribution in [1.29, 1.82) is 0 Å². The topological polar surface area (TPSA) is 9.23 Å². The van der Waals surface area contributed by atoms with Crippen molar-refractivity contribution in [1.82, 2.24) is 0 Å². The minimum Gasteiger partial charge on any atom is -0.496 e. The predicted octanol–water partition coefficient (Wildman–Crippen LogP) is 5.22. The van der Waals surface area contributed by atoms with Gasteiger partial charge in [0.1, 0.15) is 17.4 Å². The first-order chi connectivity index (χ1) is 9.02. The summed E-state index contributed by atoms with van der Waals surface area (Å²) in [4.78, 5) is -0.426. The quantitative estimate of drug-likeness (QED) is 0.651. The standard InChI is InChI=1S/C14H10Br2F2O/c1-19-13-5-2-8(6-11(13)15)14(16)10-7-9(17)3-4-12(10)18/h2-7,14H,1H3. The highest BCUT2D eigenvalue weighted by Crippen LogP contribution is 2.36. The molecule has 0 bridgehead atoms. The van der Waals surface area contributed by atoms with Crippen LogP contribution >= 0.6 is 31.9 Å². The van der Waals surface area contributed by atoms with Gasteiger partial charge in [0, 0.05) is 5.56 Å². The van der Waals surface area contributed by atoms with Gasteiger partial charge in [0.15, 0.2) is 0 Å². The number of halogens is 4.